The highest BCUT2D eigenvalue weighted by atomic mass is 19.4. The lowest BCUT2D eigenvalue weighted by Gasteiger charge is -2.38. The molecule has 1 unspecified atom stereocenters. The Balaban J connectivity index is 1.77. The molecule has 0 radical (unpaired) electrons. The van der Waals surface area contributed by atoms with Gasteiger partial charge in [-0.3, -0.25) is 9.69 Å². The number of tetrazole rings is 1. The quantitative estimate of drug-likeness (QED) is 0.184. The van der Waals surface area contributed by atoms with E-state index in [0.717, 1.165) is 16.9 Å². The number of aromatic nitrogens is 4. The van der Waals surface area contributed by atoms with Gasteiger partial charge < -0.3 is 9.64 Å². The number of anilines is 1. The van der Waals surface area contributed by atoms with Crippen molar-refractivity contribution < 1.29 is 49.0 Å². The van der Waals surface area contributed by atoms with E-state index in [-0.39, 0.29) is 29.5 Å². The van der Waals surface area contributed by atoms with Crippen LogP contribution < -0.4 is 4.90 Å². The third kappa shape index (κ3) is 8.27. The number of alkyl halides is 9. The van der Waals surface area contributed by atoms with E-state index >= 15 is 0 Å². The first-order valence-electron chi connectivity index (χ1n) is 14.2. The SMILES string of the molecule is CCC(c1ccc(C(F)(F)F)cc1CN(Cc1cc(C(F)(F)F)cc(C(F)(F)F)c1)c1nnn(C)n1)N1CCC(C(=O)OC)CC1. The fourth-order valence-electron chi connectivity index (χ4n) is 5.67. The van der Waals surface area contributed by atoms with E-state index in [1.807, 2.05) is 11.8 Å². The number of hydrogen-bond acceptors (Lipinski definition) is 7. The van der Waals surface area contributed by atoms with Gasteiger partial charge in [0.15, 0.2) is 0 Å². The summed E-state index contributed by atoms with van der Waals surface area (Å²) < 4.78 is 128. The van der Waals surface area contributed by atoms with Gasteiger partial charge in [-0.15, -0.1) is 5.10 Å². The first-order chi connectivity index (χ1) is 21.4. The summed E-state index contributed by atoms with van der Waals surface area (Å²) in [6.45, 7) is 1.70. The van der Waals surface area contributed by atoms with Gasteiger partial charge in [0.1, 0.15) is 0 Å². The number of rotatable bonds is 9. The van der Waals surface area contributed by atoms with Gasteiger partial charge in [0.2, 0.25) is 0 Å². The summed E-state index contributed by atoms with van der Waals surface area (Å²) >= 11 is 0. The molecule has 0 saturated carbocycles. The Morgan fingerprint density at radius 1 is 0.913 bits per heavy atom. The number of nitrogens with zero attached hydrogens (tertiary/aromatic N) is 6. The standard InChI is InChI=1S/C29H31F9N6O2/c1-4-24(43-9-7-18(8-10-43)25(45)46-3)23-6-5-20(27(30,31)32)13-19(23)16-44(26-39-41-42(2)40-26)15-17-11-21(28(33,34)35)14-22(12-17)29(36,37)38/h5-6,11-14,18,24H,4,7-10,15-16H2,1-3H3. The number of carbonyl (C=O) groups is 1. The average Bonchev–Trinajstić information content (AvgIpc) is 3.42. The second-order valence-corrected chi connectivity index (χ2v) is 11.0. The highest BCUT2D eigenvalue weighted by Gasteiger charge is 2.38. The normalized spacial score (nSPS) is 16.0. The van der Waals surface area contributed by atoms with Crippen molar-refractivity contribution in [3.8, 4) is 0 Å². The van der Waals surface area contributed by atoms with Crippen molar-refractivity contribution in [1.82, 2.24) is 25.1 Å². The molecule has 0 N–H and O–H groups in total. The highest BCUT2D eigenvalue weighted by Crippen LogP contribution is 2.39. The van der Waals surface area contributed by atoms with E-state index in [4.69, 9.17) is 4.74 Å². The molecule has 0 amide bonds. The Hall–Kier alpha value is -3.89. The van der Waals surface area contributed by atoms with E-state index in [0.29, 0.717) is 50.0 Å². The zero-order chi connectivity index (χ0) is 34.0. The fourth-order valence-corrected chi connectivity index (χ4v) is 5.67. The lowest BCUT2D eigenvalue weighted by Crippen LogP contribution is -2.39. The number of esters is 1. The summed E-state index contributed by atoms with van der Waals surface area (Å²) in [4.78, 5) is 16.2. The second kappa shape index (κ2) is 13.5. The molecular formula is C29H31F9N6O2. The van der Waals surface area contributed by atoms with Crippen molar-refractivity contribution in [2.24, 2.45) is 13.0 Å². The van der Waals surface area contributed by atoms with E-state index in [1.54, 1.807) is 0 Å². The van der Waals surface area contributed by atoms with Crippen LogP contribution in [0.25, 0.3) is 0 Å². The molecule has 1 aliphatic rings. The molecule has 0 bridgehead atoms. The van der Waals surface area contributed by atoms with Crippen LogP contribution >= 0.6 is 0 Å². The van der Waals surface area contributed by atoms with E-state index < -0.39 is 59.9 Å². The van der Waals surface area contributed by atoms with Crippen molar-refractivity contribution >= 4 is 11.9 Å². The molecule has 1 aliphatic heterocycles. The number of piperidine rings is 1. The van der Waals surface area contributed by atoms with Crippen LogP contribution in [0.4, 0.5) is 45.5 Å². The van der Waals surface area contributed by atoms with Crippen molar-refractivity contribution in [2.45, 2.75) is 63.8 Å². The molecule has 17 heteroatoms. The van der Waals surface area contributed by atoms with E-state index in [1.165, 1.54) is 25.1 Å². The lowest BCUT2D eigenvalue weighted by molar-refractivity contribution is -0.147. The molecule has 0 spiro atoms. The number of aryl methyl sites for hydroxylation is 1. The largest absolute Gasteiger partial charge is 0.469 e. The number of ether oxygens (including phenoxy) is 1. The summed E-state index contributed by atoms with van der Waals surface area (Å²) in [6, 6.07) is 3.84. The van der Waals surface area contributed by atoms with Gasteiger partial charge in [-0.1, -0.05) is 18.1 Å². The Bertz CT molecular complexity index is 1480. The summed E-state index contributed by atoms with van der Waals surface area (Å²) in [6.07, 6.45) is -13.6. The van der Waals surface area contributed by atoms with Crippen LogP contribution in [0.3, 0.4) is 0 Å². The maximum absolute atomic E-state index is 13.9. The summed E-state index contributed by atoms with van der Waals surface area (Å²) in [5, 5.41) is 11.6. The smallest absolute Gasteiger partial charge is 0.416 e. The summed E-state index contributed by atoms with van der Waals surface area (Å²) in [7, 11) is 2.67. The Morgan fingerprint density at radius 2 is 1.50 bits per heavy atom. The zero-order valence-electron chi connectivity index (χ0n) is 25.0. The topological polar surface area (TPSA) is 76.4 Å². The van der Waals surface area contributed by atoms with Gasteiger partial charge in [0.25, 0.3) is 5.95 Å². The second-order valence-electron chi connectivity index (χ2n) is 11.0. The van der Waals surface area contributed by atoms with Gasteiger partial charge in [0.05, 0.1) is 36.8 Å². The fraction of sp³-hybridized carbons (Fsp3) is 0.517. The molecule has 252 valence electrons. The number of likely N-dealkylation sites (tertiary alicyclic amines) is 1. The Labute approximate surface area is 258 Å². The van der Waals surface area contributed by atoms with Gasteiger partial charge in [-0.05, 0) is 84.6 Å². The van der Waals surface area contributed by atoms with Gasteiger partial charge in [-0.2, -0.15) is 44.3 Å². The maximum atomic E-state index is 13.9. The molecule has 1 fully saturated rings. The van der Waals surface area contributed by atoms with Crippen LogP contribution in [0.1, 0.15) is 65.6 Å². The lowest BCUT2D eigenvalue weighted by atomic mass is 9.90. The van der Waals surface area contributed by atoms with Crippen molar-refractivity contribution in [1.29, 1.82) is 0 Å². The molecule has 4 rings (SSSR count). The van der Waals surface area contributed by atoms with Crippen LogP contribution in [-0.2, 0) is 48.2 Å². The van der Waals surface area contributed by atoms with Crippen molar-refractivity contribution in [3.05, 3.63) is 69.8 Å². The van der Waals surface area contributed by atoms with Crippen LogP contribution in [0, 0.1) is 5.92 Å². The van der Waals surface area contributed by atoms with Crippen molar-refractivity contribution in [3.63, 3.8) is 0 Å². The van der Waals surface area contributed by atoms with Gasteiger partial charge in [0, 0.05) is 19.1 Å². The average molecular weight is 667 g/mol. The molecule has 1 saturated heterocycles. The minimum absolute atomic E-state index is 0.00541. The molecule has 8 nitrogen and oxygen atoms in total. The molecular weight excluding hydrogens is 635 g/mol. The minimum atomic E-state index is -5.10. The van der Waals surface area contributed by atoms with Crippen LogP contribution in [0.2, 0.25) is 0 Å². The number of hydrogen-bond donors (Lipinski definition) is 0. The Morgan fingerprint density at radius 3 is 1.98 bits per heavy atom. The zero-order valence-corrected chi connectivity index (χ0v) is 25.0. The van der Waals surface area contributed by atoms with E-state index in [9.17, 15) is 44.3 Å². The molecule has 3 aromatic rings. The van der Waals surface area contributed by atoms with Crippen LogP contribution in [0.5, 0.6) is 0 Å². The molecule has 2 aromatic carbocycles. The number of benzene rings is 2. The first kappa shape index (κ1) is 35.0. The summed E-state index contributed by atoms with van der Waals surface area (Å²) in [5.74, 6) is -0.889. The van der Waals surface area contributed by atoms with Crippen molar-refractivity contribution in [2.75, 3.05) is 25.1 Å². The molecule has 46 heavy (non-hydrogen) atoms. The monoisotopic (exact) mass is 666 g/mol. The number of carbonyl (C=O) groups excluding carboxylic acids is 1. The molecule has 2 heterocycles. The van der Waals surface area contributed by atoms with Crippen LogP contribution in [0.15, 0.2) is 36.4 Å². The summed E-state index contributed by atoms with van der Waals surface area (Å²) in [5.41, 5.74) is -3.89. The minimum Gasteiger partial charge on any atom is -0.469 e. The number of halogens is 9. The molecule has 1 aromatic heterocycles. The highest BCUT2D eigenvalue weighted by molar-refractivity contribution is 5.72. The maximum Gasteiger partial charge on any atom is 0.416 e. The van der Waals surface area contributed by atoms with Gasteiger partial charge >= 0.3 is 24.5 Å². The molecule has 0 aliphatic carbocycles. The molecule has 1 atom stereocenters. The third-order valence-corrected chi connectivity index (χ3v) is 7.88. The Kier molecular flexibility index (Phi) is 10.2. The van der Waals surface area contributed by atoms with Gasteiger partial charge in [-0.25, -0.2) is 0 Å². The predicted octanol–water partition coefficient (Wildman–Crippen LogP) is 6.81. The number of methoxy groups -OCH3 is 1. The van der Waals surface area contributed by atoms with E-state index in [2.05, 4.69) is 15.4 Å². The third-order valence-electron chi connectivity index (χ3n) is 7.88. The predicted molar refractivity (Wildman–Crippen MR) is 146 cm³/mol. The first-order valence-corrected chi connectivity index (χ1v) is 14.2. The van der Waals surface area contributed by atoms with Crippen LogP contribution in [-0.4, -0.2) is 51.3 Å².